The Bertz CT molecular complexity index is 300. The van der Waals surface area contributed by atoms with Gasteiger partial charge in [0, 0.05) is 6.20 Å². The van der Waals surface area contributed by atoms with Crippen molar-refractivity contribution in [2.45, 2.75) is 0 Å². The van der Waals surface area contributed by atoms with Crippen LogP contribution in [0.15, 0.2) is 18.3 Å². The van der Waals surface area contributed by atoms with Crippen LogP contribution in [0.25, 0.3) is 0 Å². The molecule has 0 aromatic carbocycles. The van der Waals surface area contributed by atoms with Crippen LogP contribution < -0.4 is 0 Å². The number of aromatic nitrogens is 1. The van der Waals surface area contributed by atoms with Crippen molar-refractivity contribution in [1.82, 2.24) is 4.98 Å². The summed E-state index contributed by atoms with van der Waals surface area (Å²) in [6, 6.07) is 3.21. The highest BCUT2D eigenvalue weighted by Gasteiger charge is 1.93. The standard InChI is InChI=1S/C8H7NOS/c10-8-4-1-5-9-7(8)3-2-6-11/h1,4-5,10-11H,6H2. The lowest BCUT2D eigenvalue weighted by atomic mass is 10.3. The molecule has 56 valence electrons. The number of pyridine rings is 1. The van der Waals surface area contributed by atoms with Gasteiger partial charge < -0.3 is 5.11 Å². The van der Waals surface area contributed by atoms with Crippen LogP contribution in [0.1, 0.15) is 5.69 Å². The van der Waals surface area contributed by atoms with Gasteiger partial charge in [-0.15, -0.1) is 0 Å². The van der Waals surface area contributed by atoms with E-state index in [4.69, 9.17) is 5.11 Å². The lowest BCUT2D eigenvalue weighted by molar-refractivity contribution is 0.471. The third kappa shape index (κ3) is 2.17. The number of rotatable bonds is 0. The molecule has 0 aliphatic carbocycles. The molecule has 1 aromatic rings. The zero-order valence-corrected chi connectivity index (χ0v) is 6.68. The summed E-state index contributed by atoms with van der Waals surface area (Å²) in [5.74, 6) is 5.95. The minimum absolute atomic E-state index is 0.113. The predicted molar refractivity (Wildman–Crippen MR) is 46.6 cm³/mol. The average Bonchev–Trinajstić information content (AvgIpc) is 2.03. The maximum Gasteiger partial charge on any atom is 0.154 e. The molecule has 0 unspecified atom stereocenters. The molecule has 1 N–H and O–H groups in total. The van der Waals surface area contributed by atoms with E-state index in [-0.39, 0.29) is 5.75 Å². The van der Waals surface area contributed by atoms with E-state index >= 15 is 0 Å². The van der Waals surface area contributed by atoms with Gasteiger partial charge in [0.2, 0.25) is 0 Å². The monoisotopic (exact) mass is 165 g/mol. The first kappa shape index (κ1) is 7.96. The second-order valence-corrected chi connectivity index (χ2v) is 2.15. The van der Waals surface area contributed by atoms with Crippen LogP contribution in [0, 0.1) is 11.8 Å². The Balaban J connectivity index is 2.95. The minimum Gasteiger partial charge on any atom is -0.505 e. The fourth-order valence-electron chi connectivity index (χ4n) is 0.616. The van der Waals surface area contributed by atoms with Crippen LogP contribution in [0.5, 0.6) is 5.75 Å². The molecule has 0 bridgehead atoms. The van der Waals surface area contributed by atoms with Crippen molar-refractivity contribution in [3.63, 3.8) is 0 Å². The number of hydrogen-bond acceptors (Lipinski definition) is 3. The van der Waals surface area contributed by atoms with E-state index in [9.17, 15) is 0 Å². The molecule has 11 heavy (non-hydrogen) atoms. The largest absolute Gasteiger partial charge is 0.505 e. The van der Waals surface area contributed by atoms with Gasteiger partial charge in [0.25, 0.3) is 0 Å². The number of nitrogens with zero attached hydrogens (tertiary/aromatic N) is 1. The van der Waals surface area contributed by atoms with Gasteiger partial charge in [-0.1, -0.05) is 5.92 Å². The summed E-state index contributed by atoms with van der Waals surface area (Å²) >= 11 is 3.90. The Labute approximate surface area is 70.7 Å². The molecule has 0 amide bonds. The van der Waals surface area contributed by atoms with E-state index in [1.165, 1.54) is 0 Å². The van der Waals surface area contributed by atoms with E-state index in [0.29, 0.717) is 11.4 Å². The fourth-order valence-corrected chi connectivity index (χ4v) is 0.695. The first-order valence-electron chi connectivity index (χ1n) is 3.08. The third-order valence-electron chi connectivity index (χ3n) is 1.07. The van der Waals surface area contributed by atoms with Crippen molar-refractivity contribution >= 4 is 12.6 Å². The van der Waals surface area contributed by atoms with Gasteiger partial charge in [0.05, 0.1) is 5.75 Å². The molecule has 0 fully saturated rings. The van der Waals surface area contributed by atoms with Crippen molar-refractivity contribution in [3.05, 3.63) is 24.0 Å². The zero-order chi connectivity index (χ0) is 8.10. The fraction of sp³-hybridized carbons (Fsp3) is 0.125. The van der Waals surface area contributed by atoms with Crippen LogP contribution in [-0.4, -0.2) is 15.8 Å². The van der Waals surface area contributed by atoms with Gasteiger partial charge in [-0.25, -0.2) is 4.98 Å². The van der Waals surface area contributed by atoms with E-state index in [0.717, 1.165) is 0 Å². The second kappa shape index (κ2) is 3.89. The van der Waals surface area contributed by atoms with E-state index in [2.05, 4.69) is 29.5 Å². The van der Waals surface area contributed by atoms with Crippen LogP contribution in [0.2, 0.25) is 0 Å². The summed E-state index contributed by atoms with van der Waals surface area (Å²) in [4.78, 5) is 3.86. The molecule has 1 heterocycles. The van der Waals surface area contributed by atoms with Gasteiger partial charge in [-0.3, -0.25) is 0 Å². The first-order valence-corrected chi connectivity index (χ1v) is 3.71. The molecule has 0 atom stereocenters. The summed E-state index contributed by atoms with van der Waals surface area (Å²) in [6.45, 7) is 0. The molecule has 3 heteroatoms. The van der Waals surface area contributed by atoms with Crippen molar-refractivity contribution in [2.24, 2.45) is 0 Å². The van der Waals surface area contributed by atoms with Gasteiger partial charge in [0.1, 0.15) is 5.75 Å². The SMILES string of the molecule is Oc1cccnc1C#CCS. The lowest BCUT2D eigenvalue weighted by Gasteiger charge is -1.91. The van der Waals surface area contributed by atoms with Gasteiger partial charge >= 0.3 is 0 Å². The molecule has 0 aliphatic heterocycles. The van der Waals surface area contributed by atoms with Crippen molar-refractivity contribution in [1.29, 1.82) is 0 Å². The number of thiol groups is 1. The van der Waals surface area contributed by atoms with Gasteiger partial charge in [-0.05, 0) is 18.1 Å². The molecule has 1 aromatic heterocycles. The minimum atomic E-state index is 0.113. The predicted octanol–water partition coefficient (Wildman–Crippen LogP) is 1.07. The number of aromatic hydroxyl groups is 1. The Morgan fingerprint density at radius 1 is 1.64 bits per heavy atom. The first-order chi connectivity index (χ1) is 5.34. The normalized spacial score (nSPS) is 8.45. The molecule has 0 saturated carbocycles. The van der Waals surface area contributed by atoms with Crippen molar-refractivity contribution in [2.75, 3.05) is 5.75 Å². The smallest absolute Gasteiger partial charge is 0.154 e. The van der Waals surface area contributed by atoms with Crippen LogP contribution in [-0.2, 0) is 0 Å². The third-order valence-corrected chi connectivity index (χ3v) is 1.23. The van der Waals surface area contributed by atoms with Gasteiger partial charge in [-0.2, -0.15) is 12.6 Å². The van der Waals surface area contributed by atoms with E-state index in [1.54, 1.807) is 18.3 Å². The highest BCUT2D eigenvalue weighted by atomic mass is 32.1. The quantitative estimate of drug-likeness (QED) is 0.445. The van der Waals surface area contributed by atoms with Crippen LogP contribution in [0.3, 0.4) is 0 Å². The molecule has 1 rings (SSSR count). The molecule has 0 spiro atoms. The molecule has 2 nitrogen and oxygen atoms in total. The van der Waals surface area contributed by atoms with E-state index < -0.39 is 0 Å². The van der Waals surface area contributed by atoms with Crippen molar-refractivity contribution < 1.29 is 5.11 Å². The molecular weight excluding hydrogens is 158 g/mol. The van der Waals surface area contributed by atoms with E-state index in [1.807, 2.05) is 0 Å². The summed E-state index contributed by atoms with van der Waals surface area (Å²) in [7, 11) is 0. The maximum absolute atomic E-state index is 9.15. The average molecular weight is 165 g/mol. The summed E-state index contributed by atoms with van der Waals surface area (Å²) in [5, 5.41) is 9.15. The lowest BCUT2D eigenvalue weighted by Crippen LogP contribution is -1.80. The van der Waals surface area contributed by atoms with Crippen LogP contribution in [0.4, 0.5) is 0 Å². The molecule has 0 radical (unpaired) electrons. The summed E-state index contributed by atoms with van der Waals surface area (Å²) < 4.78 is 0. The Kier molecular flexibility index (Phi) is 2.82. The number of hydrogen-bond donors (Lipinski definition) is 2. The summed E-state index contributed by atoms with van der Waals surface area (Å²) in [5.41, 5.74) is 0.404. The van der Waals surface area contributed by atoms with Crippen LogP contribution >= 0.6 is 12.6 Å². The maximum atomic E-state index is 9.15. The summed E-state index contributed by atoms with van der Waals surface area (Å²) in [6.07, 6.45) is 1.59. The molecule has 0 aliphatic rings. The molecule has 0 saturated heterocycles. The van der Waals surface area contributed by atoms with Gasteiger partial charge in [0.15, 0.2) is 5.69 Å². The zero-order valence-electron chi connectivity index (χ0n) is 5.78. The van der Waals surface area contributed by atoms with Crippen molar-refractivity contribution in [3.8, 4) is 17.6 Å². The molecular formula is C8H7NOS. The topological polar surface area (TPSA) is 33.1 Å². The Hall–Kier alpha value is -1.14. The highest BCUT2D eigenvalue weighted by Crippen LogP contribution is 2.09. The highest BCUT2D eigenvalue weighted by molar-refractivity contribution is 7.80. The Morgan fingerprint density at radius 2 is 2.45 bits per heavy atom. The second-order valence-electron chi connectivity index (χ2n) is 1.83. The Morgan fingerprint density at radius 3 is 3.09 bits per heavy atom.